The first kappa shape index (κ1) is 16.1. The smallest absolute Gasteiger partial charge is 0.329 e. The molecule has 0 atom stereocenters. The number of nitrogens with one attached hydrogen (secondary N) is 1. The Morgan fingerprint density at radius 1 is 1.35 bits per heavy atom. The van der Waals surface area contributed by atoms with Gasteiger partial charge in [0.15, 0.2) is 0 Å². The molecule has 0 radical (unpaired) electrons. The number of nitrogen functional groups attached to an aromatic ring is 1. The highest BCUT2D eigenvalue weighted by Gasteiger charge is 2.24. The lowest BCUT2D eigenvalue weighted by Crippen LogP contribution is -2.33. The lowest BCUT2D eigenvalue weighted by molar-refractivity contribution is -0.384. The molecule has 8 heteroatoms. The van der Waals surface area contributed by atoms with E-state index in [0.717, 1.165) is 0 Å². The van der Waals surface area contributed by atoms with Crippen LogP contribution in [0.5, 0.6) is 0 Å². The highest BCUT2D eigenvalue weighted by atomic mass is 16.6. The molecule has 1 aromatic heterocycles. The molecular weight excluding hydrogens is 260 g/mol. The number of hydrazine groups is 1. The second kappa shape index (κ2) is 6.99. The Labute approximate surface area is 118 Å². The summed E-state index contributed by atoms with van der Waals surface area (Å²) in [5.74, 6) is 6.48. The first-order valence-electron chi connectivity index (χ1n) is 6.58. The van der Waals surface area contributed by atoms with Crippen molar-refractivity contribution in [2.24, 2.45) is 17.7 Å². The van der Waals surface area contributed by atoms with Crippen LogP contribution in [0.25, 0.3) is 0 Å². The zero-order valence-electron chi connectivity index (χ0n) is 12.3. The van der Waals surface area contributed by atoms with E-state index in [4.69, 9.17) is 5.84 Å². The van der Waals surface area contributed by atoms with E-state index in [9.17, 15) is 10.1 Å². The van der Waals surface area contributed by atoms with Crippen molar-refractivity contribution in [2.75, 3.05) is 23.4 Å². The van der Waals surface area contributed by atoms with Crippen molar-refractivity contribution < 1.29 is 4.92 Å². The number of hydrogen-bond donors (Lipinski definition) is 2. The van der Waals surface area contributed by atoms with Gasteiger partial charge in [-0.25, -0.2) is 10.8 Å². The van der Waals surface area contributed by atoms with Gasteiger partial charge in [0.1, 0.15) is 6.20 Å². The molecule has 3 N–H and O–H groups in total. The molecule has 0 saturated heterocycles. The maximum absolute atomic E-state index is 11.1. The van der Waals surface area contributed by atoms with Gasteiger partial charge >= 0.3 is 5.69 Å². The van der Waals surface area contributed by atoms with E-state index in [1.54, 1.807) is 0 Å². The summed E-state index contributed by atoms with van der Waals surface area (Å²) < 4.78 is 0. The van der Waals surface area contributed by atoms with Gasteiger partial charge in [-0.1, -0.05) is 27.7 Å². The zero-order chi connectivity index (χ0) is 15.3. The van der Waals surface area contributed by atoms with Crippen molar-refractivity contribution in [3.63, 3.8) is 0 Å². The van der Waals surface area contributed by atoms with Gasteiger partial charge in [0.25, 0.3) is 0 Å². The largest absolute Gasteiger partial charge is 0.350 e. The van der Waals surface area contributed by atoms with E-state index in [1.807, 2.05) is 4.90 Å². The maximum atomic E-state index is 11.1. The second-order valence-electron chi connectivity index (χ2n) is 5.50. The minimum Gasteiger partial charge on any atom is -0.350 e. The summed E-state index contributed by atoms with van der Waals surface area (Å²) >= 11 is 0. The summed E-state index contributed by atoms with van der Waals surface area (Å²) in [6, 6.07) is 0. The van der Waals surface area contributed by atoms with E-state index in [0.29, 0.717) is 30.7 Å². The van der Waals surface area contributed by atoms with Gasteiger partial charge < -0.3 is 4.90 Å². The average molecular weight is 282 g/mol. The number of nitrogens with zero attached hydrogens (tertiary/aromatic N) is 4. The van der Waals surface area contributed by atoms with Crippen LogP contribution in [0.2, 0.25) is 0 Å². The fourth-order valence-electron chi connectivity index (χ4n) is 1.93. The summed E-state index contributed by atoms with van der Waals surface area (Å²) in [7, 11) is 0. The van der Waals surface area contributed by atoms with E-state index < -0.39 is 4.92 Å². The van der Waals surface area contributed by atoms with Gasteiger partial charge in [-0.2, -0.15) is 4.98 Å². The minimum absolute atomic E-state index is 0.106. The maximum Gasteiger partial charge on any atom is 0.329 e. The predicted molar refractivity (Wildman–Crippen MR) is 78.4 cm³/mol. The van der Waals surface area contributed by atoms with Crippen molar-refractivity contribution in [1.82, 2.24) is 9.97 Å². The summed E-state index contributed by atoms with van der Waals surface area (Å²) in [5, 5.41) is 11.1. The molecule has 0 aliphatic carbocycles. The Hall–Kier alpha value is -1.96. The summed E-state index contributed by atoms with van der Waals surface area (Å²) in [5.41, 5.74) is 2.22. The molecular formula is C12H22N6O2. The SMILES string of the molecule is CC(C)CN(CC(C)C)c1nc(NN)ncc1[N+](=O)[O-]. The molecule has 0 amide bonds. The lowest BCUT2D eigenvalue weighted by atomic mass is 10.1. The van der Waals surface area contributed by atoms with Crippen LogP contribution >= 0.6 is 0 Å². The first-order valence-corrected chi connectivity index (χ1v) is 6.58. The molecule has 0 aliphatic heterocycles. The van der Waals surface area contributed by atoms with Crippen molar-refractivity contribution in [2.45, 2.75) is 27.7 Å². The van der Waals surface area contributed by atoms with Gasteiger partial charge in [-0.3, -0.25) is 15.5 Å². The van der Waals surface area contributed by atoms with Crippen molar-refractivity contribution in [3.8, 4) is 0 Å². The molecule has 0 saturated carbocycles. The van der Waals surface area contributed by atoms with Gasteiger partial charge in [-0.05, 0) is 11.8 Å². The molecule has 0 bridgehead atoms. The van der Waals surface area contributed by atoms with E-state index in [1.165, 1.54) is 6.20 Å². The quantitative estimate of drug-likeness (QED) is 0.445. The highest BCUT2D eigenvalue weighted by Crippen LogP contribution is 2.27. The Morgan fingerprint density at radius 2 is 1.90 bits per heavy atom. The van der Waals surface area contributed by atoms with Gasteiger partial charge in [0.2, 0.25) is 11.8 Å². The van der Waals surface area contributed by atoms with Crippen LogP contribution in [0.1, 0.15) is 27.7 Å². The summed E-state index contributed by atoms with van der Waals surface area (Å²) in [6.07, 6.45) is 1.19. The number of rotatable bonds is 7. The molecule has 112 valence electrons. The molecule has 0 fully saturated rings. The summed E-state index contributed by atoms with van der Waals surface area (Å²) in [6.45, 7) is 9.59. The Kier molecular flexibility index (Phi) is 5.63. The van der Waals surface area contributed by atoms with Crippen LogP contribution in [-0.2, 0) is 0 Å². The fraction of sp³-hybridized carbons (Fsp3) is 0.667. The lowest BCUT2D eigenvalue weighted by Gasteiger charge is -2.27. The Bertz CT molecular complexity index is 453. The predicted octanol–water partition coefficient (Wildman–Crippen LogP) is 1.79. The highest BCUT2D eigenvalue weighted by molar-refractivity contribution is 5.58. The monoisotopic (exact) mass is 282 g/mol. The first-order chi connectivity index (χ1) is 9.35. The van der Waals surface area contributed by atoms with Crippen molar-refractivity contribution in [3.05, 3.63) is 16.3 Å². The molecule has 0 aliphatic rings. The number of nitro groups is 1. The normalized spacial score (nSPS) is 10.9. The third-order valence-electron chi connectivity index (χ3n) is 2.55. The van der Waals surface area contributed by atoms with E-state index >= 15 is 0 Å². The van der Waals surface area contributed by atoms with E-state index in [2.05, 4.69) is 43.1 Å². The zero-order valence-corrected chi connectivity index (χ0v) is 12.3. The van der Waals surface area contributed by atoms with Crippen LogP contribution in [0.4, 0.5) is 17.5 Å². The molecule has 0 unspecified atom stereocenters. The van der Waals surface area contributed by atoms with Crippen LogP contribution < -0.4 is 16.2 Å². The Balaban J connectivity index is 3.23. The van der Waals surface area contributed by atoms with Gasteiger partial charge in [0, 0.05) is 13.1 Å². The molecule has 0 aromatic carbocycles. The number of hydrogen-bond acceptors (Lipinski definition) is 7. The molecule has 20 heavy (non-hydrogen) atoms. The topological polar surface area (TPSA) is 110 Å². The van der Waals surface area contributed by atoms with Crippen LogP contribution in [0.15, 0.2) is 6.20 Å². The summed E-state index contributed by atoms with van der Waals surface area (Å²) in [4.78, 5) is 20.5. The average Bonchev–Trinajstić information content (AvgIpc) is 2.36. The number of nitrogens with two attached hydrogens (primary N) is 1. The molecule has 8 nitrogen and oxygen atoms in total. The number of aromatic nitrogens is 2. The van der Waals surface area contributed by atoms with Crippen LogP contribution in [-0.4, -0.2) is 28.0 Å². The molecule has 1 rings (SSSR count). The van der Waals surface area contributed by atoms with E-state index in [-0.39, 0.29) is 11.6 Å². The standard InChI is InChI=1S/C12H22N6O2/c1-8(2)6-17(7-9(3)4)11-10(18(19)20)5-14-12(15-11)16-13/h5,8-9H,6-7,13H2,1-4H3,(H,14,15,16). The second-order valence-corrected chi connectivity index (χ2v) is 5.50. The Morgan fingerprint density at radius 3 is 2.30 bits per heavy atom. The third kappa shape index (κ3) is 4.30. The van der Waals surface area contributed by atoms with Crippen molar-refractivity contribution >= 4 is 17.5 Å². The number of anilines is 2. The molecule has 1 heterocycles. The fourth-order valence-corrected chi connectivity index (χ4v) is 1.93. The van der Waals surface area contributed by atoms with Gasteiger partial charge in [-0.15, -0.1) is 0 Å². The molecule has 1 aromatic rings. The van der Waals surface area contributed by atoms with Crippen LogP contribution in [0, 0.1) is 22.0 Å². The molecule has 0 spiro atoms. The van der Waals surface area contributed by atoms with Crippen LogP contribution in [0.3, 0.4) is 0 Å². The van der Waals surface area contributed by atoms with Crippen molar-refractivity contribution in [1.29, 1.82) is 0 Å². The minimum atomic E-state index is -0.469. The van der Waals surface area contributed by atoms with Gasteiger partial charge in [0.05, 0.1) is 4.92 Å². The third-order valence-corrected chi connectivity index (χ3v) is 2.55.